The average Bonchev–Trinajstić information content (AvgIpc) is 3.36. The SMILES string of the molecule is COc1ccc(-c2nc(C3CC(=O)N(Cc4ccc(C)cc4)C3)no2)cc1OC. The number of methoxy groups -OCH3 is 2. The van der Waals surface area contributed by atoms with Crippen LogP contribution >= 0.6 is 0 Å². The first-order valence-corrected chi connectivity index (χ1v) is 9.46. The van der Waals surface area contributed by atoms with Crippen molar-refractivity contribution in [1.29, 1.82) is 0 Å². The van der Waals surface area contributed by atoms with Gasteiger partial charge in [-0.05, 0) is 30.7 Å². The Bertz CT molecular complexity index is 1010. The number of likely N-dealkylation sites (tertiary alicyclic amines) is 1. The van der Waals surface area contributed by atoms with E-state index in [-0.39, 0.29) is 11.8 Å². The van der Waals surface area contributed by atoms with Crippen molar-refractivity contribution in [2.45, 2.75) is 25.8 Å². The lowest BCUT2D eigenvalue weighted by Crippen LogP contribution is -2.24. The molecule has 1 fully saturated rings. The summed E-state index contributed by atoms with van der Waals surface area (Å²) in [6, 6.07) is 13.6. The molecule has 150 valence electrons. The first-order valence-electron chi connectivity index (χ1n) is 9.46. The predicted octanol–water partition coefficient (Wildman–Crippen LogP) is 3.58. The van der Waals surface area contributed by atoms with Gasteiger partial charge in [0.2, 0.25) is 5.91 Å². The van der Waals surface area contributed by atoms with Gasteiger partial charge in [-0.15, -0.1) is 0 Å². The highest BCUT2D eigenvalue weighted by atomic mass is 16.5. The van der Waals surface area contributed by atoms with Crippen LogP contribution in [0.25, 0.3) is 11.5 Å². The summed E-state index contributed by atoms with van der Waals surface area (Å²) in [6.07, 6.45) is 0.386. The van der Waals surface area contributed by atoms with Crippen LogP contribution in [0.5, 0.6) is 11.5 Å². The normalized spacial score (nSPS) is 16.3. The van der Waals surface area contributed by atoms with Crippen LogP contribution in [-0.2, 0) is 11.3 Å². The molecular weight excluding hydrogens is 370 g/mol. The minimum atomic E-state index is -0.0782. The molecule has 1 aliphatic rings. The number of aromatic nitrogens is 2. The maximum absolute atomic E-state index is 12.5. The number of hydrogen-bond acceptors (Lipinski definition) is 6. The highest BCUT2D eigenvalue weighted by Gasteiger charge is 2.33. The smallest absolute Gasteiger partial charge is 0.258 e. The quantitative estimate of drug-likeness (QED) is 0.637. The Hall–Kier alpha value is -3.35. The standard InChI is InChI=1S/C22H23N3O4/c1-14-4-6-15(7-5-14)12-25-13-17(11-20(25)26)21-23-22(29-24-21)16-8-9-18(27-2)19(10-16)28-3/h4-10,17H,11-13H2,1-3H3. The second-order valence-corrected chi connectivity index (χ2v) is 7.19. The van der Waals surface area contributed by atoms with Crippen LogP contribution in [0, 0.1) is 6.92 Å². The first kappa shape index (κ1) is 19.0. The highest BCUT2D eigenvalue weighted by Crippen LogP contribution is 2.33. The number of ether oxygens (including phenoxy) is 2. The van der Waals surface area contributed by atoms with E-state index < -0.39 is 0 Å². The molecule has 0 saturated carbocycles. The molecule has 1 amide bonds. The minimum Gasteiger partial charge on any atom is -0.493 e. The Morgan fingerprint density at radius 3 is 2.59 bits per heavy atom. The summed E-state index contributed by atoms with van der Waals surface area (Å²) >= 11 is 0. The largest absolute Gasteiger partial charge is 0.493 e. The average molecular weight is 393 g/mol. The number of carbonyl (C=O) groups is 1. The summed E-state index contributed by atoms with van der Waals surface area (Å²) < 4.78 is 16.0. The van der Waals surface area contributed by atoms with E-state index >= 15 is 0 Å². The number of nitrogens with zero attached hydrogens (tertiary/aromatic N) is 3. The van der Waals surface area contributed by atoms with Crippen molar-refractivity contribution < 1.29 is 18.8 Å². The van der Waals surface area contributed by atoms with Crippen LogP contribution in [-0.4, -0.2) is 41.7 Å². The molecule has 2 heterocycles. The lowest BCUT2D eigenvalue weighted by molar-refractivity contribution is -0.128. The van der Waals surface area contributed by atoms with Gasteiger partial charge in [-0.1, -0.05) is 35.0 Å². The van der Waals surface area contributed by atoms with Crippen LogP contribution < -0.4 is 9.47 Å². The molecule has 0 radical (unpaired) electrons. The van der Waals surface area contributed by atoms with Crippen molar-refractivity contribution in [3.8, 4) is 23.0 Å². The summed E-state index contributed by atoms with van der Waals surface area (Å²) in [5, 5.41) is 4.12. The Morgan fingerprint density at radius 2 is 1.86 bits per heavy atom. The van der Waals surface area contributed by atoms with E-state index in [9.17, 15) is 4.79 Å². The number of amides is 1. The van der Waals surface area contributed by atoms with Crippen LogP contribution in [0.1, 0.15) is 29.3 Å². The predicted molar refractivity (Wildman–Crippen MR) is 107 cm³/mol. The van der Waals surface area contributed by atoms with Crippen LogP contribution in [0.4, 0.5) is 0 Å². The van der Waals surface area contributed by atoms with Gasteiger partial charge in [0.05, 0.1) is 14.2 Å². The number of rotatable bonds is 6. The van der Waals surface area contributed by atoms with E-state index in [1.54, 1.807) is 26.4 Å². The molecule has 0 bridgehead atoms. The van der Waals surface area contributed by atoms with Gasteiger partial charge in [0.15, 0.2) is 17.3 Å². The summed E-state index contributed by atoms with van der Waals surface area (Å²) in [5.41, 5.74) is 3.06. The zero-order chi connectivity index (χ0) is 20.4. The fourth-order valence-electron chi connectivity index (χ4n) is 3.50. The molecule has 0 N–H and O–H groups in total. The molecule has 3 aromatic rings. The number of aryl methyl sites for hydroxylation is 1. The Kier molecular flexibility index (Phi) is 5.20. The van der Waals surface area contributed by atoms with E-state index in [1.165, 1.54) is 5.56 Å². The summed E-state index contributed by atoms with van der Waals surface area (Å²) in [7, 11) is 3.16. The molecule has 1 unspecified atom stereocenters. The summed E-state index contributed by atoms with van der Waals surface area (Å²) in [6.45, 7) is 3.22. The molecule has 7 heteroatoms. The molecule has 7 nitrogen and oxygen atoms in total. The van der Waals surface area contributed by atoms with Crippen LogP contribution in [0.3, 0.4) is 0 Å². The summed E-state index contributed by atoms with van der Waals surface area (Å²) in [5.74, 6) is 2.19. The van der Waals surface area contributed by atoms with Crippen molar-refractivity contribution in [2.24, 2.45) is 0 Å². The fourth-order valence-corrected chi connectivity index (χ4v) is 3.50. The number of hydrogen-bond donors (Lipinski definition) is 0. The lowest BCUT2D eigenvalue weighted by Gasteiger charge is -2.16. The van der Waals surface area contributed by atoms with E-state index in [0.717, 1.165) is 11.1 Å². The maximum Gasteiger partial charge on any atom is 0.258 e. The van der Waals surface area contributed by atoms with E-state index in [0.29, 0.717) is 42.7 Å². The van der Waals surface area contributed by atoms with Gasteiger partial charge in [0.25, 0.3) is 5.89 Å². The monoisotopic (exact) mass is 393 g/mol. The van der Waals surface area contributed by atoms with Crippen molar-refractivity contribution in [2.75, 3.05) is 20.8 Å². The molecule has 4 rings (SSSR count). The van der Waals surface area contributed by atoms with Gasteiger partial charge in [-0.25, -0.2) is 0 Å². The zero-order valence-electron chi connectivity index (χ0n) is 16.7. The van der Waals surface area contributed by atoms with Crippen LogP contribution in [0.2, 0.25) is 0 Å². The van der Waals surface area contributed by atoms with Crippen LogP contribution in [0.15, 0.2) is 47.0 Å². The zero-order valence-corrected chi connectivity index (χ0v) is 16.7. The molecule has 1 aliphatic heterocycles. The molecule has 1 aromatic heterocycles. The number of carbonyl (C=O) groups excluding carboxylic acids is 1. The van der Waals surface area contributed by atoms with E-state index in [4.69, 9.17) is 14.0 Å². The lowest BCUT2D eigenvalue weighted by atomic mass is 10.1. The van der Waals surface area contributed by atoms with Crippen molar-refractivity contribution in [1.82, 2.24) is 15.0 Å². The molecule has 0 aliphatic carbocycles. The molecule has 1 saturated heterocycles. The molecule has 2 aromatic carbocycles. The molecular formula is C22H23N3O4. The second kappa shape index (κ2) is 7.95. The maximum atomic E-state index is 12.5. The first-order chi connectivity index (χ1) is 14.1. The Balaban J connectivity index is 1.48. The minimum absolute atomic E-state index is 0.0782. The van der Waals surface area contributed by atoms with E-state index in [2.05, 4.69) is 34.4 Å². The van der Waals surface area contributed by atoms with Crippen molar-refractivity contribution >= 4 is 5.91 Å². The molecule has 1 atom stereocenters. The van der Waals surface area contributed by atoms with Crippen molar-refractivity contribution in [3.63, 3.8) is 0 Å². The van der Waals surface area contributed by atoms with Gasteiger partial charge >= 0.3 is 0 Å². The van der Waals surface area contributed by atoms with Crippen molar-refractivity contribution in [3.05, 3.63) is 59.4 Å². The third kappa shape index (κ3) is 3.94. The van der Waals surface area contributed by atoms with Gasteiger partial charge < -0.3 is 18.9 Å². The summed E-state index contributed by atoms with van der Waals surface area (Å²) in [4.78, 5) is 18.8. The van der Waals surface area contributed by atoms with Gasteiger partial charge in [-0.3, -0.25) is 4.79 Å². The Labute approximate surface area is 169 Å². The third-order valence-corrected chi connectivity index (χ3v) is 5.15. The molecule has 29 heavy (non-hydrogen) atoms. The topological polar surface area (TPSA) is 77.7 Å². The van der Waals surface area contributed by atoms with Gasteiger partial charge in [0, 0.05) is 31.0 Å². The van der Waals surface area contributed by atoms with E-state index in [1.807, 2.05) is 17.9 Å². The van der Waals surface area contributed by atoms with Gasteiger partial charge in [0.1, 0.15) is 0 Å². The Morgan fingerprint density at radius 1 is 1.10 bits per heavy atom. The highest BCUT2D eigenvalue weighted by molar-refractivity contribution is 5.79. The second-order valence-electron chi connectivity index (χ2n) is 7.19. The third-order valence-electron chi connectivity index (χ3n) is 5.15. The molecule has 0 spiro atoms. The van der Waals surface area contributed by atoms with Gasteiger partial charge in [-0.2, -0.15) is 4.98 Å². The fraction of sp³-hybridized carbons (Fsp3) is 0.318. The number of benzene rings is 2.